The maximum atomic E-state index is 13.1. The van der Waals surface area contributed by atoms with E-state index in [-0.39, 0.29) is 23.3 Å². The van der Waals surface area contributed by atoms with Crippen LogP contribution in [0.15, 0.2) is 60.9 Å². The van der Waals surface area contributed by atoms with E-state index in [4.69, 9.17) is 0 Å². The first-order valence-corrected chi connectivity index (χ1v) is 11.2. The molecule has 0 bridgehead atoms. The molecule has 1 N–H and O–H groups in total. The Morgan fingerprint density at radius 2 is 1.81 bits per heavy atom. The van der Waals surface area contributed by atoms with E-state index in [1.165, 1.54) is 5.56 Å². The van der Waals surface area contributed by atoms with Crippen molar-refractivity contribution in [3.63, 3.8) is 0 Å². The lowest BCUT2D eigenvalue weighted by molar-refractivity contribution is -0.125. The molecule has 6 nitrogen and oxygen atoms in total. The van der Waals surface area contributed by atoms with Crippen LogP contribution < -0.4 is 5.32 Å². The number of benzene rings is 1. The number of rotatable bonds is 5. The molecule has 2 fully saturated rings. The summed E-state index contributed by atoms with van der Waals surface area (Å²) in [4.78, 5) is 27.5. The zero-order valence-corrected chi connectivity index (χ0v) is 17.7. The van der Waals surface area contributed by atoms with Crippen LogP contribution >= 0.6 is 0 Å². The molecule has 160 valence electrons. The fourth-order valence-corrected chi connectivity index (χ4v) is 5.11. The van der Waals surface area contributed by atoms with Crippen molar-refractivity contribution >= 4 is 17.3 Å². The van der Waals surface area contributed by atoms with Crippen molar-refractivity contribution in [1.29, 1.82) is 0 Å². The van der Waals surface area contributed by atoms with E-state index in [0.29, 0.717) is 12.0 Å². The minimum absolute atomic E-state index is 0.0545. The van der Waals surface area contributed by atoms with Gasteiger partial charge >= 0.3 is 0 Å². The summed E-state index contributed by atoms with van der Waals surface area (Å²) >= 11 is 0. The number of nitrogens with zero attached hydrogens (tertiary/aromatic N) is 3. The van der Waals surface area contributed by atoms with E-state index in [2.05, 4.69) is 22.5 Å². The van der Waals surface area contributed by atoms with Gasteiger partial charge in [-0.2, -0.15) is 5.10 Å². The highest BCUT2D eigenvalue weighted by Crippen LogP contribution is 2.49. The van der Waals surface area contributed by atoms with Gasteiger partial charge in [0.15, 0.2) is 0 Å². The fourth-order valence-electron chi connectivity index (χ4n) is 5.11. The summed E-state index contributed by atoms with van der Waals surface area (Å²) < 4.78 is 1.74. The van der Waals surface area contributed by atoms with Gasteiger partial charge < -0.3 is 10.2 Å². The molecule has 31 heavy (non-hydrogen) atoms. The Hall–Kier alpha value is -3.15. The van der Waals surface area contributed by atoms with Gasteiger partial charge in [0.25, 0.3) is 5.91 Å². The molecule has 1 aliphatic heterocycles. The summed E-state index contributed by atoms with van der Waals surface area (Å²) in [6.07, 6.45) is 8.89. The van der Waals surface area contributed by atoms with Crippen molar-refractivity contribution in [3.8, 4) is 0 Å². The van der Waals surface area contributed by atoms with Gasteiger partial charge in [-0.05, 0) is 55.2 Å². The van der Waals surface area contributed by atoms with Crippen molar-refractivity contribution in [1.82, 2.24) is 19.8 Å². The lowest BCUT2D eigenvalue weighted by Crippen LogP contribution is -2.59. The third-order valence-electron chi connectivity index (χ3n) is 7.19. The second kappa shape index (κ2) is 8.17. The molecule has 1 spiro atoms. The topological polar surface area (TPSA) is 66.7 Å². The average molecular weight is 417 g/mol. The van der Waals surface area contributed by atoms with E-state index < -0.39 is 0 Å². The molecule has 1 unspecified atom stereocenters. The number of piperidine rings is 1. The standard InChI is InChI=1S/C25H28N4O2/c30-23(10-9-19-6-2-1-3-7-19)27-22-11-12-25(22)13-16-28(17-14-25)24(31)20-18-26-29-15-5-4-8-21(20)29/h1-8,15,18,22H,9-14,16-17H2,(H,27,30). The first kappa shape index (κ1) is 19.8. The molecular formula is C25H28N4O2. The van der Waals surface area contributed by atoms with E-state index >= 15 is 0 Å². The second-order valence-corrected chi connectivity index (χ2v) is 8.89. The molecule has 1 saturated heterocycles. The van der Waals surface area contributed by atoms with Gasteiger partial charge in [-0.1, -0.05) is 36.4 Å². The van der Waals surface area contributed by atoms with Crippen LogP contribution in [0.3, 0.4) is 0 Å². The maximum Gasteiger partial charge on any atom is 0.257 e. The molecule has 2 aliphatic rings. The van der Waals surface area contributed by atoms with Crippen LogP contribution in [0.1, 0.15) is 48.0 Å². The number of aromatic nitrogens is 2. The van der Waals surface area contributed by atoms with Crippen molar-refractivity contribution in [2.45, 2.75) is 44.6 Å². The highest BCUT2D eigenvalue weighted by atomic mass is 16.2. The number of amides is 2. The molecule has 1 aromatic carbocycles. The number of carbonyl (C=O) groups excluding carboxylic acids is 2. The summed E-state index contributed by atoms with van der Waals surface area (Å²) in [7, 11) is 0. The molecular weight excluding hydrogens is 388 g/mol. The van der Waals surface area contributed by atoms with Gasteiger partial charge in [0.05, 0.1) is 17.3 Å². The van der Waals surface area contributed by atoms with Crippen molar-refractivity contribution in [2.24, 2.45) is 5.41 Å². The monoisotopic (exact) mass is 416 g/mol. The molecule has 3 heterocycles. The van der Waals surface area contributed by atoms with Crippen molar-refractivity contribution < 1.29 is 9.59 Å². The number of aryl methyl sites for hydroxylation is 1. The highest BCUT2D eigenvalue weighted by molar-refractivity contribution is 6.00. The highest BCUT2D eigenvalue weighted by Gasteiger charge is 2.49. The number of pyridine rings is 1. The zero-order valence-electron chi connectivity index (χ0n) is 17.7. The molecule has 1 aliphatic carbocycles. The van der Waals surface area contributed by atoms with Gasteiger partial charge in [-0.25, -0.2) is 4.52 Å². The molecule has 3 aromatic rings. The number of carbonyl (C=O) groups is 2. The smallest absolute Gasteiger partial charge is 0.257 e. The number of fused-ring (bicyclic) bond motifs is 1. The SMILES string of the molecule is O=C(CCc1ccccc1)NC1CCC12CCN(C(=O)c1cnn3ccccc13)CC2. The first-order valence-electron chi connectivity index (χ1n) is 11.2. The van der Waals surface area contributed by atoms with Gasteiger partial charge in [-0.3, -0.25) is 9.59 Å². The number of hydrogen-bond acceptors (Lipinski definition) is 3. The molecule has 2 aromatic heterocycles. The lowest BCUT2D eigenvalue weighted by atomic mass is 9.59. The van der Waals surface area contributed by atoms with E-state index in [9.17, 15) is 9.59 Å². The summed E-state index contributed by atoms with van der Waals surface area (Å²) in [5, 5.41) is 7.58. The quantitative estimate of drug-likeness (QED) is 0.693. The molecule has 0 radical (unpaired) electrons. The number of likely N-dealkylation sites (tertiary alicyclic amines) is 1. The third kappa shape index (κ3) is 3.82. The van der Waals surface area contributed by atoms with E-state index in [1.807, 2.05) is 47.5 Å². The van der Waals surface area contributed by atoms with Gasteiger partial charge in [0, 0.05) is 31.7 Å². The Kier molecular flexibility index (Phi) is 5.22. The van der Waals surface area contributed by atoms with Crippen LogP contribution in [0.2, 0.25) is 0 Å². The van der Waals surface area contributed by atoms with E-state index in [0.717, 1.165) is 50.7 Å². The zero-order chi connectivity index (χ0) is 21.3. The Morgan fingerprint density at radius 3 is 2.55 bits per heavy atom. The van der Waals surface area contributed by atoms with Crippen LogP contribution in [-0.2, 0) is 11.2 Å². The summed E-state index contributed by atoms with van der Waals surface area (Å²) in [6, 6.07) is 16.1. The molecule has 1 saturated carbocycles. The maximum absolute atomic E-state index is 13.1. The summed E-state index contributed by atoms with van der Waals surface area (Å²) in [5.41, 5.74) is 2.86. The van der Waals surface area contributed by atoms with E-state index in [1.54, 1.807) is 10.7 Å². The van der Waals surface area contributed by atoms with Crippen LogP contribution in [-0.4, -0.2) is 45.5 Å². The van der Waals surface area contributed by atoms with Gasteiger partial charge in [0.1, 0.15) is 0 Å². The lowest BCUT2D eigenvalue weighted by Gasteiger charge is -2.54. The van der Waals surface area contributed by atoms with Crippen LogP contribution in [0.4, 0.5) is 0 Å². The fraction of sp³-hybridized carbons (Fsp3) is 0.400. The summed E-state index contributed by atoms with van der Waals surface area (Å²) in [5.74, 6) is 0.191. The number of hydrogen-bond donors (Lipinski definition) is 1. The largest absolute Gasteiger partial charge is 0.353 e. The van der Waals surface area contributed by atoms with Crippen molar-refractivity contribution in [2.75, 3.05) is 13.1 Å². The molecule has 1 atom stereocenters. The Balaban J connectivity index is 1.16. The number of nitrogens with one attached hydrogen (secondary N) is 1. The van der Waals surface area contributed by atoms with Gasteiger partial charge in [0.2, 0.25) is 5.91 Å². The molecule has 2 amide bonds. The first-order chi connectivity index (χ1) is 15.1. The Labute approximate surface area is 182 Å². The van der Waals surface area contributed by atoms with Crippen LogP contribution in [0, 0.1) is 5.41 Å². The summed E-state index contributed by atoms with van der Waals surface area (Å²) in [6.45, 7) is 1.47. The predicted octanol–water partition coefficient (Wildman–Crippen LogP) is 3.47. The Bertz CT molecular complexity index is 1080. The minimum atomic E-state index is 0.0545. The third-order valence-corrected chi connectivity index (χ3v) is 7.19. The van der Waals surface area contributed by atoms with Gasteiger partial charge in [-0.15, -0.1) is 0 Å². The van der Waals surface area contributed by atoms with Crippen LogP contribution in [0.5, 0.6) is 0 Å². The average Bonchev–Trinajstić information content (AvgIpc) is 3.25. The normalized spacial score (nSPS) is 19.9. The minimum Gasteiger partial charge on any atom is -0.353 e. The predicted molar refractivity (Wildman–Crippen MR) is 119 cm³/mol. The molecule has 5 rings (SSSR count). The Morgan fingerprint density at radius 1 is 1.03 bits per heavy atom. The van der Waals surface area contributed by atoms with Crippen molar-refractivity contribution in [3.05, 3.63) is 72.1 Å². The molecule has 6 heteroatoms. The van der Waals surface area contributed by atoms with Crippen LogP contribution in [0.25, 0.3) is 5.52 Å². The second-order valence-electron chi connectivity index (χ2n) is 8.89.